The van der Waals surface area contributed by atoms with Gasteiger partial charge in [-0.25, -0.2) is 9.97 Å². The van der Waals surface area contributed by atoms with Crippen LogP contribution in [0, 0.1) is 5.92 Å². The number of aromatic nitrogens is 2. The second-order valence-corrected chi connectivity index (χ2v) is 8.87. The number of rotatable bonds is 6. The number of anilines is 1. The lowest BCUT2D eigenvalue weighted by molar-refractivity contribution is -0.126. The molecule has 1 fully saturated rings. The minimum absolute atomic E-state index is 0.0450. The number of carbonyl (C=O) groups excluding carboxylic acids is 1. The number of benzene rings is 2. The molecule has 33 heavy (non-hydrogen) atoms. The Labute approximate surface area is 195 Å². The molecule has 6 nitrogen and oxygen atoms in total. The van der Waals surface area contributed by atoms with Crippen molar-refractivity contribution in [3.63, 3.8) is 0 Å². The Morgan fingerprint density at radius 2 is 1.85 bits per heavy atom. The molecule has 1 aliphatic heterocycles. The highest BCUT2D eigenvalue weighted by atomic mass is 16.5. The van der Waals surface area contributed by atoms with Crippen molar-refractivity contribution < 1.29 is 9.53 Å². The van der Waals surface area contributed by atoms with Crippen LogP contribution in [0.1, 0.15) is 48.9 Å². The molecular formula is C27H30N4O2. The summed E-state index contributed by atoms with van der Waals surface area (Å²) in [6.45, 7) is 3.72. The van der Waals surface area contributed by atoms with E-state index in [4.69, 9.17) is 4.74 Å². The van der Waals surface area contributed by atoms with Gasteiger partial charge >= 0.3 is 0 Å². The van der Waals surface area contributed by atoms with Gasteiger partial charge in [0.15, 0.2) is 0 Å². The number of hydrogen-bond donors (Lipinski definition) is 1. The summed E-state index contributed by atoms with van der Waals surface area (Å²) < 4.78 is 5.93. The first kappa shape index (κ1) is 21.4. The van der Waals surface area contributed by atoms with Gasteiger partial charge in [0.2, 0.25) is 11.8 Å². The van der Waals surface area contributed by atoms with E-state index in [1.807, 2.05) is 18.2 Å². The van der Waals surface area contributed by atoms with Crippen LogP contribution in [0.5, 0.6) is 11.6 Å². The van der Waals surface area contributed by atoms with Crippen molar-refractivity contribution in [1.29, 1.82) is 0 Å². The topological polar surface area (TPSA) is 67.3 Å². The lowest BCUT2D eigenvalue weighted by Gasteiger charge is -2.32. The largest absolute Gasteiger partial charge is 0.439 e. The molecule has 6 heteroatoms. The van der Waals surface area contributed by atoms with E-state index in [0.717, 1.165) is 56.8 Å². The Balaban J connectivity index is 1.16. The molecule has 1 amide bonds. The molecule has 1 N–H and O–H groups in total. The van der Waals surface area contributed by atoms with Crippen molar-refractivity contribution in [2.75, 3.05) is 18.0 Å². The summed E-state index contributed by atoms with van der Waals surface area (Å²) >= 11 is 0. The number of piperidine rings is 1. The predicted molar refractivity (Wildman–Crippen MR) is 129 cm³/mol. The monoisotopic (exact) mass is 442 g/mol. The van der Waals surface area contributed by atoms with Crippen LogP contribution in [-0.2, 0) is 17.6 Å². The molecule has 0 unspecified atom stereocenters. The fraction of sp³-hybridized carbons (Fsp3) is 0.370. The van der Waals surface area contributed by atoms with E-state index >= 15 is 0 Å². The van der Waals surface area contributed by atoms with Crippen LogP contribution >= 0.6 is 0 Å². The summed E-state index contributed by atoms with van der Waals surface area (Å²) in [7, 11) is 0. The van der Waals surface area contributed by atoms with E-state index in [0.29, 0.717) is 5.88 Å². The van der Waals surface area contributed by atoms with Gasteiger partial charge in [-0.2, -0.15) is 0 Å². The summed E-state index contributed by atoms with van der Waals surface area (Å²) in [5.74, 6) is 2.36. The predicted octanol–water partition coefficient (Wildman–Crippen LogP) is 4.85. The van der Waals surface area contributed by atoms with Gasteiger partial charge < -0.3 is 15.0 Å². The normalized spacial score (nSPS) is 18.1. The third kappa shape index (κ3) is 4.85. The van der Waals surface area contributed by atoms with Crippen LogP contribution < -0.4 is 15.0 Å². The van der Waals surface area contributed by atoms with Crippen molar-refractivity contribution in [1.82, 2.24) is 15.3 Å². The maximum absolute atomic E-state index is 12.9. The van der Waals surface area contributed by atoms with Gasteiger partial charge in [0.05, 0.1) is 6.04 Å². The Morgan fingerprint density at radius 1 is 1.06 bits per heavy atom. The van der Waals surface area contributed by atoms with Crippen molar-refractivity contribution in [3.8, 4) is 11.6 Å². The number of amides is 1. The summed E-state index contributed by atoms with van der Waals surface area (Å²) in [4.78, 5) is 23.9. The number of ether oxygens (including phenoxy) is 1. The molecule has 170 valence electrons. The maximum atomic E-state index is 12.9. The number of nitrogens with one attached hydrogen (secondary N) is 1. The zero-order valence-corrected chi connectivity index (χ0v) is 19.0. The van der Waals surface area contributed by atoms with E-state index in [-0.39, 0.29) is 17.9 Å². The SMILES string of the molecule is CCc1ccc(Oc2cc(N3CCC(C(=O)N[C@H]4CCc5ccccc54)CC3)ncn2)cc1. The van der Waals surface area contributed by atoms with Crippen LogP contribution in [0.25, 0.3) is 0 Å². The Kier molecular flexibility index (Phi) is 6.24. The second kappa shape index (κ2) is 9.61. The average Bonchev–Trinajstić information content (AvgIpc) is 3.27. The second-order valence-electron chi connectivity index (χ2n) is 8.87. The zero-order valence-electron chi connectivity index (χ0n) is 19.0. The van der Waals surface area contributed by atoms with E-state index in [1.54, 1.807) is 6.33 Å². The van der Waals surface area contributed by atoms with Gasteiger partial charge in [0, 0.05) is 25.1 Å². The fourth-order valence-electron chi connectivity index (χ4n) is 4.84. The lowest BCUT2D eigenvalue weighted by atomic mass is 9.95. The molecule has 3 aromatic rings. The molecule has 0 spiro atoms. The Hall–Kier alpha value is -3.41. The number of carbonyl (C=O) groups is 1. The average molecular weight is 443 g/mol. The third-order valence-electron chi connectivity index (χ3n) is 6.82. The lowest BCUT2D eigenvalue weighted by Crippen LogP contribution is -2.41. The quantitative estimate of drug-likeness (QED) is 0.591. The van der Waals surface area contributed by atoms with Gasteiger partial charge in [-0.15, -0.1) is 0 Å². The Bertz CT molecular complexity index is 1110. The van der Waals surface area contributed by atoms with E-state index in [9.17, 15) is 4.79 Å². The van der Waals surface area contributed by atoms with Crippen LogP contribution in [0.4, 0.5) is 5.82 Å². The van der Waals surface area contributed by atoms with E-state index in [2.05, 4.69) is 63.5 Å². The van der Waals surface area contributed by atoms with Gasteiger partial charge in [0.25, 0.3) is 0 Å². The summed E-state index contributed by atoms with van der Waals surface area (Å²) in [5.41, 5.74) is 3.91. The van der Waals surface area contributed by atoms with Crippen LogP contribution in [0.15, 0.2) is 60.9 Å². The number of nitrogens with zero attached hydrogens (tertiary/aromatic N) is 3. The smallest absolute Gasteiger partial charge is 0.224 e. The maximum Gasteiger partial charge on any atom is 0.224 e. The van der Waals surface area contributed by atoms with Crippen LogP contribution in [0.3, 0.4) is 0 Å². The van der Waals surface area contributed by atoms with Gasteiger partial charge in [0.1, 0.15) is 17.9 Å². The molecule has 0 radical (unpaired) electrons. The first-order chi connectivity index (χ1) is 16.2. The molecule has 1 aromatic heterocycles. The van der Waals surface area contributed by atoms with Crippen molar-refractivity contribution >= 4 is 11.7 Å². The highest BCUT2D eigenvalue weighted by Crippen LogP contribution is 2.32. The molecule has 2 heterocycles. The summed E-state index contributed by atoms with van der Waals surface area (Å²) in [6.07, 6.45) is 6.22. The number of hydrogen-bond acceptors (Lipinski definition) is 5. The van der Waals surface area contributed by atoms with E-state index in [1.165, 1.54) is 16.7 Å². The first-order valence-corrected chi connectivity index (χ1v) is 11.9. The molecule has 2 aromatic carbocycles. The van der Waals surface area contributed by atoms with Crippen molar-refractivity contribution in [2.45, 2.75) is 45.1 Å². The highest BCUT2D eigenvalue weighted by Gasteiger charge is 2.29. The minimum Gasteiger partial charge on any atom is -0.439 e. The molecule has 0 saturated carbocycles. The van der Waals surface area contributed by atoms with Crippen LogP contribution in [0.2, 0.25) is 0 Å². The zero-order chi connectivity index (χ0) is 22.6. The van der Waals surface area contributed by atoms with Gasteiger partial charge in [-0.3, -0.25) is 4.79 Å². The summed E-state index contributed by atoms with van der Waals surface area (Å²) in [6, 6.07) is 18.5. The van der Waals surface area contributed by atoms with E-state index < -0.39 is 0 Å². The van der Waals surface area contributed by atoms with Crippen LogP contribution in [-0.4, -0.2) is 29.0 Å². The summed E-state index contributed by atoms with van der Waals surface area (Å²) in [5, 5.41) is 3.30. The Morgan fingerprint density at radius 3 is 2.64 bits per heavy atom. The molecule has 1 saturated heterocycles. The molecule has 2 aliphatic rings. The fourth-order valence-corrected chi connectivity index (χ4v) is 4.84. The van der Waals surface area contributed by atoms with Crippen molar-refractivity contribution in [2.24, 2.45) is 5.92 Å². The first-order valence-electron chi connectivity index (χ1n) is 11.9. The van der Waals surface area contributed by atoms with Gasteiger partial charge in [-0.05, 0) is 60.9 Å². The number of fused-ring (bicyclic) bond motifs is 1. The highest BCUT2D eigenvalue weighted by molar-refractivity contribution is 5.79. The van der Waals surface area contributed by atoms with Gasteiger partial charge in [-0.1, -0.05) is 43.3 Å². The molecule has 1 aliphatic carbocycles. The molecule has 0 bridgehead atoms. The third-order valence-corrected chi connectivity index (χ3v) is 6.82. The minimum atomic E-state index is 0.0450. The molecular weight excluding hydrogens is 412 g/mol. The number of aryl methyl sites for hydroxylation is 2. The van der Waals surface area contributed by atoms with Crippen molar-refractivity contribution in [3.05, 3.63) is 77.6 Å². The molecule has 1 atom stereocenters. The molecule has 5 rings (SSSR count). The standard InChI is InChI=1S/C27H30N4O2/c1-2-19-7-10-22(11-8-19)33-26-17-25(28-18-29-26)31-15-13-21(14-16-31)27(32)30-24-12-9-20-5-3-4-6-23(20)24/h3-8,10-11,17-18,21,24H,2,9,12-16H2,1H3,(H,30,32)/t24-/m0/s1.